The lowest BCUT2D eigenvalue weighted by atomic mass is 10.1. The zero-order chi connectivity index (χ0) is 26.9. The number of nitro groups is 1. The molecule has 2 atom stereocenters. The smallest absolute Gasteiger partial charge is 0.338 e. The summed E-state index contributed by atoms with van der Waals surface area (Å²) in [5.41, 5.74) is 1.74. The number of piperazine rings is 1. The molecule has 0 bridgehead atoms. The Kier molecular flexibility index (Phi) is 9.81. The summed E-state index contributed by atoms with van der Waals surface area (Å²) in [6, 6.07) is 12.1. The molecule has 11 heteroatoms. The van der Waals surface area contributed by atoms with Crippen molar-refractivity contribution in [1.29, 1.82) is 0 Å². The Morgan fingerprint density at radius 3 is 2.46 bits per heavy atom. The van der Waals surface area contributed by atoms with Crippen LogP contribution in [0.3, 0.4) is 0 Å². The van der Waals surface area contributed by atoms with Crippen LogP contribution in [-0.4, -0.2) is 80.4 Å². The molecule has 1 N–H and O–H groups in total. The Morgan fingerprint density at radius 2 is 1.81 bits per heavy atom. The number of methoxy groups -OCH3 is 1. The van der Waals surface area contributed by atoms with E-state index in [1.165, 1.54) is 25.3 Å². The Labute approximate surface area is 216 Å². The predicted molar refractivity (Wildman–Crippen MR) is 139 cm³/mol. The molecular formula is C26H34N4O7. The fourth-order valence-electron chi connectivity index (χ4n) is 4.39. The van der Waals surface area contributed by atoms with Crippen molar-refractivity contribution in [2.75, 3.05) is 56.8 Å². The Balaban J connectivity index is 1.73. The average Bonchev–Trinajstić information content (AvgIpc) is 2.86. The fourth-order valence-corrected chi connectivity index (χ4v) is 4.39. The van der Waals surface area contributed by atoms with Gasteiger partial charge in [-0.15, -0.1) is 0 Å². The van der Waals surface area contributed by atoms with Crippen LogP contribution < -0.4 is 10.2 Å². The highest BCUT2D eigenvalue weighted by Gasteiger charge is 2.31. The number of nitrogens with one attached hydrogen (secondary N) is 1. The standard InChI is InChI=1S/C26H34N4O7/c1-5-36-25(31)17-29-18(2)15-28(16-19(29)3)22-8-6-7-21(14-22)27-23-10-9-20(13-24(23)30(33)34)26(32)37-12-11-35-4/h6-10,13-14,18-19,27H,5,11-12,15-17H2,1-4H3. The monoisotopic (exact) mass is 514 g/mol. The number of ether oxygens (including phenoxy) is 3. The number of carbonyl (C=O) groups is 2. The van der Waals surface area contributed by atoms with Crippen molar-refractivity contribution >= 4 is 34.7 Å². The van der Waals surface area contributed by atoms with Crippen molar-refractivity contribution in [3.8, 4) is 0 Å². The van der Waals surface area contributed by atoms with Gasteiger partial charge in [-0.2, -0.15) is 0 Å². The Bertz CT molecular complexity index is 1100. The summed E-state index contributed by atoms with van der Waals surface area (Å²) < 4.78 is 15.0. The fraction of sp³-hybridized carbons (Fsp3) is 0.462. The molecule has 2 aromatic rings. The van der Waals surface area contributed by atoms with Gasteiger partial charge in [-0.05, 0) is 51.1 Å². The number of rotatable bonds is 11. The van der Waals surface area contributed by atoms with E-state index in [-0.39, 0.29) is 54.7 Å². The van der Waals surface area contributed by atoms with Gasteiger partial charge in [0.05, 0.1) is 30.2 Å². The van der Waals surface area contributed by atoms with Crippen LogP contribution in [0.1, 0.15) is 31.1 Å². The first kappa shape index (κ1) is 27.9. The summed E-state index contributed by atoms with van der Waals surface area (Å²) in [5.74, 6) is -0.879. The summed E-state index contributed by atoms with van der Waals surface area (Å²) in [6.07, 6.45) is 0. The van der Waals surface area contributed by atoms with Crippen LogP contribution in [0.4, 0.5) is 22.7 Å². The number of hydrogen-bond donors (Lipinski definition) is 1. The van der Waals surface area contributed by atoms with Crippen molar-refractivity contribution in [3.05, 3.63) is 58.1 Å². The van der Waals surface area contributed by atoms with Crippen molar-refractivity contribution in [1.82, 2.24) is 4.90 Å². The number of carbonyl (C=O) groups excluding carboxylic acids is 2. The van der Waals surface area contributed by atoms with E-state index in [1.54, 1.807) is 6.92 Å². The molecule has 0 aliphatic carbocycles. The van der Waals surface area contributed by atoms with Gasteiger partial charge < -0.3 is 24.4 Å². The van der Waals surface area contributed by atoms with E-state index in [1.807, 2.05) is 24.3 Å². The summed E-state index contributed by atoms with van der Waals surface area (Å²) in [7, 11) is 1.49. The number of nitrogens with zero attached hydrogens (tertiary/aromatic N) is 3. The molecule has 3 rings (SSSR count). The van der Waals surface area contributed by atoms with Gasteiger partial charge in [0.1, 0.15) is 12.3 Å². The van der Waals surface area contributed by atoms with Gasteiger partial charge in [0.15, 0.2) is 0 Å². The minimum absolute atomic E-state index is 0.0598. The van der Waals surface area contributed by atoms with Gasteiger partial charge in [0, 0.05) is 49.7 Å². The van der Waals surface area contributed by atoms with Gasteiger partial charge in [0.25, 0.3) is 5.69 Å². The second-order valence-electron chi connectivity index (χ2n) is 8.87. The minimum atomic E-state index is -0.654. The molecule has 1 saturated heterocycles. The van der Waals surface area contributed by atoms with Gasteiger partial charge in [-0.25, -0.2) is 4.79 Å². The lowest BCUT2D eigenvalue weighted by Gasteiger charge is -2.45. The van der Waals surface area contributed by atoms with E-state index in [9.17, 15) is 19.7 Å². The van der Waals surface area contributed by atoms with Crippen molar-refractivity contribution < 1.29 is 28.7 Å². The Morgan fingerprint density at radius 1 is 1.08 bits per heavy atom. The third-order valence-electron chi connectivity index (χ3n) is 6.16. The molecule has 2 aromatic carbocycles. The summed E-state index contributed by atoms with van der Waals surface area (Å²) in [4.78, 5) is 39.8. The summed E-state index contributed by atoms with van der Waals surface area (Å²) in [6.45, 7) is 8.30. The quantitative estimate of drug-likeness (QED) is 0.206. The first-order valence-corrected chi connectivity index (χ1v) is 12.2. The maximum Gasteiger partial charge on any atom is 0.338 e. The molecule has 0 amide bonds. The third kappa shape index (κ3) is 7.40. The maximum atomic E-state index is 12.2. The molecule has 200 valence electrons. The number of anilines is 3. The molecule has 1 fully saturated rings. The van der Waals surface area contributed by atoms with Gasteiger partial charge in [-0.1, -0.05) is 6.07 Å². The number of nitro benzene ring substituents is 1. The summed E-state index contributed by atoms with van der Waals surface area (Å²) in [5, 5.41) is 14.8. The predicted octanol–water partition coefficient (Wildman–Crippen LogP) is 3.60. The summed E-state index contributed by atoms with van der Waals surface area (Å²) >= 11 is 0. The number of hydrogen-bond acceptors (Lipinski definition) is 10. The maximum absolute atomic E-state index is 12.2. The molecular weight excluding hydrogens is 480 g/mol. The van der Waals surface area contributed by atoms with E-state index < -0.39 is 10.9 Å². The zero-order valence-corrected chi connectivity index (χ0v) is 21.6. The molecule has 0 radical (unpaired) electrons. The van der Waals surface area contributed by atoms with E-state index >= 15 is 0 Å². The highest BCUT2D eigenvalue weighted by atomic mass is 16.6. The van der Waals surface area contributed by atoms with Crippen LogP contribution in [0.2, 0.25) is 0 Å². The van der Waals surface area contributed by atoms with E-state index in [4.69, 9.17) is 14.2 Å². The number of esters is 2. The van der Waals surface area contributed by atoms with Crippen LogP contribution in [0.25, 0.3) is 0 Å². The molecule has 0 saturated carbocycles. The van der Waals surface area contributed by atoms with Gasteiger partial charge in [-0.3, -0.25) is 19.8 Å². The van der Waals surface area contributed by atoms with E-state index in [0.29, 0.717) is 25.4 Å². The lowest BCUT2D eigenvalue weighted by Crippen LogP contribution is -2.58. The molecule has 1 aliphatic heterocycles. The van der Waals surface area contributed by atoms with Crippen LogP contribution in [0, 0.1) is 10.1 Å². The number of benzene rings is 2. The normalized spacial score (nSPS) is 17.8. The van der Waals surface area contributed by atoms with Crippen LogP contribution in [-0.2, 0) is 19.0 Å². The second-order valence-corrected chi connectivity index (χ2v) is 8.87. The highest BCUT2D eigenvalue weighted by molar-refractivity contribution is 5.91. The second kappa shape index (κ2) is 13.0. The minimum Gasteiger partial charge on any atom is -0.465 e. The van der Waals surface area contributed by atoms with Crippen LogP contribution >= 0.6 is 0 Å². The van der Waals surface area contributed by atoms with Gasteiger partial charge in [0.2, 0.25) is 0 Å². The van der Waals surface area contributed by atoms with Crippen molar-refractivity contribution in [2.45, 2.75) is 32.9 Å². The molecule has 11 nitrogen and oxygen atoms in total. The van der Waals surface area contributed by atoms with Crippen LogP contribution in [0.5, 0.6) is 0 Å². The zero-order valence-electron chi connectivity index (χ0n) is 21.6. The first-order valence-electron chi connectivity index (χ1n) is 12.2. The topological polar surface area (TPSA) is 123 Å². The van der Waals surface area contributed by atoms with Crippen molar-refractivity contribution in [3.63, 3.8) is 0 Å². The Hall–Kier alpha value is -3.70. The SMILES string of the molecule is CCOC(=O)CN1C(C)CN(c2cccc(Nc3ccc(C(=O)OCCOC)cc3[N+](=O)[O-])c2)CC1C. The largest absolute Gasteiger partial charge is 0.465 e. The molecule has 37 heavy (non-hydrogen) atoms. The van der Waals surface area contributed by atoms with E-state index in [0.717, 1.165) is 5.69 Å². The molecule has 2 unspecified atom stereocenters. The third-order valence-corrected chi connectivity index (χ3v) is 6.16. The average molecular weight is 515 g/mol. The molecule has 0 aromatic heterocycles. The van der Waals surface area contributed by atoms with Gasteiger partial charge >= 0.3 is 11.9 Å². The molecule has 0 spiro atoms. The molecule has 1 aliphatic rings. The van der Waals surface area contributed by atoms with Crippen molar-refractivity contribution in [2.24, 2.45) is 0 Å². The highest BCUT2D eigenvalue weighted by Crippen LogP contribution is 2.31. The lowest BCUT2D eigenvalue weighted by molar-refractivity contribution is -0.383. The first-order chi connectivity index (χ1) is 17.7. The van der Waals surface area contributed by atoms with Crippen LogP contribution in [0.15, 0.2) is 42.5 Å². The molecule has 1 heterocycles. The van der Waals surface area contributed by atoms with E-state index in [2.05, 4.69) is 29.0 Å².